The van der Waals surface area contributed by atoms with Crippen molar-refractivity contribution in [1.82, 2.24) is 0 Å². The maximum Gasteiger partial charge on any atom is 0.148 e. The highest BCUT2D eigenvalue weighted by Gasteiger charge is 2.16. The summed E-state index contributed by atoms with van der Waals surface area (Å²) in [5.41, 5.74) is 0. The first kappa shape index (κ1) is 10.7. The zero-order valence-corrected chi connectivity index (χ0v) is 11.1. The van der Waals surface area contributed by atoms with Crippen molar-refractivity contribution in [2.45, 2.75) is 26.2 Å². The number of nitrogens with two attached hydrogens (primary N) is 1. The van der Waals surface area contributed by atoms with Crippen LogP contribution in [0.3, 0.4) is 0 Å². The smallest absolute Gasteiger partial charge is 0.148 e. The van der Waals surface area contributed by atoms with E-state index >= 15 is 0 Å². The van der Waals surface area contributed by atoms with Crippen LogP contribution in [0.4, 0.5) is 0 Å². The van der Waals surface area contributed by atoms with Crippen LogP contribution in [0.5, 0.6) is 0 Å². The minimum atomic E-state index is -1.58. The molecule has 0 atom stereocenters. The minimum absolute atomic E-state index is 0.629. The highest BCUT2D eigenvalue weighted by molar-refractivity contribution is 6.87. The van der Waals surface area contributed by atoms with Crippen LogP contribution in [-0.4, -0.2) is 17.0 Å². The molecule has 0 aliphatic rings. The van der Waals surface area contributed by atoms with Crippen molar-refractivity contribution in [3.8, 4) is 0 Å². The van der Waals surface area contributed by atoms with Gasteiger partial charge in [0.1, 0.15) is 8.24 Å². The van der Waals surface area contributed by atoms with Crippen LogP contribution in [0.2, 0.25) is 26.2 Å². The molecule has 72 valence electrons. The second-order valence-electron chi connectivity index (χ2n) is 4.50. The van der Waals surface area contributed by atoms with Gasteiger partial charge in [0.2, 0.25) is 0 Å². The third-order valence-corrected chi connectivity index (χ3v) is 5.86. The highest BCUT2D eigenvalue weighted by atomic mass is 28.3. The minimum Gasteiger partial charge on any atom is -0.348 e. The summed E-state index contributed by atoms with van der Waals surface area (Å²) in [6.45, 7) is 9.05. The molecule has 0 heterocycles. The Balaban J connectivity index is 2.94. The quantitative estimate of drug-likeness (QED) is 0.715. The van der Waals surface area contributed by atoms with Crippen LogP contribution in [-0.2, 0) is 0 Å². The van der Waals surface area contributed by atoms with E-state index in [1.165, 1.54) is 10.4 Å². The van der Waals surface area contributed by atoms with E-state index in [-0.39, 0.29) is 0 Å². The van der Waals surface area contributed by atoms with Crippen LogP contribution in [0, 0.1) is 0 Å². The topological polar surface area (TPSA) is 26.0 Å². The Labute approximate surface area is 83.7 Å². The van der Waals surface area contributed by atoms with Gasteiger partial charge in [0, 0.05) is 0 Å². The molecule has 0 unspecified atom stereocenters. The SMILES string of the molecule is C[SiH](C)c1ccc([Si](C)(C)N)cc1. The van der Waals surface area contributed by atoms with Crippen molar-refractivity contribution in [2.75, 3.05) is 0 Å². The summed E-state index contributed by atoms with van der Waals surface area (Å²) in [4.78, 5) is 0. The van der Waals surface area contributed by atoms with Gasteiger partial charge in [-0.2, -0.15) is 0 Å². The van der Waals surface area contributed by atoms with E-state index in [4.69, 9.17) is 5.40 Å². The third kappa shape index (κ3) is 2.79. The van der Waals surface area contributed by atoms with Gasteiger partial charge >= 0.3 is 0 Å². The Morgan fingerprint density at radius 1 is 1.08 bits per heavy atom. The van der Waals surface area contributed by atoms with Crippen molar-refractivity contribution in [1.29, 1.82) is 0 Å². The first-order valence-corrected chi connectivity index (χ1v) is 10.8. The predicted molar refractivity (Wildman–Crippen MR) is 66.3 cm³/mol. The van der Waals surface area contributed by atoms with Gasteiger partial charge in [-0.15, -0.1) is 0 Å². The van der Waals surface area contributed by atoms with Crippen molar-refractivity contribution in [3.05, 3.63) is 24.3 Å². The van der Waals surface area contributed by atoms with Crippen molar-refractivity contribution in [2.24, 2.45) is 5.40 Å². The lowest BCUT2D eigenvalue weighted by Gasteiger charge is -2.16. The van der Waals surface area contributed by atoms with E-state index < -0.39 is 17.0 Å². The molecule has 0 aliphatic heterocycles. The second-order valence-corrected chi connectivity index (χ2v) is 11.5. The van der Waals surface area contributed by atoms with E-state index in [1.54, 1.807) is 0 Å². The maximum absolute atomic E-state index is 6.13. The molecule has 1 aromatic carbocycles. The molecular weight excluding hydrogens is 190 g/mol. The summed E-state index contributed by atoms with van der Waals surface area (Å²) in [5, 5.41) is 9.02. The maximum atomic E-state index is 6.13. The molecule has 1 rings (SSSR count). The molecule has 0 fully saturated rings. The molecule has 0 aromatic heterocycles. The normalized spacial score (nSPS) is 12.2. The number of rotatable bonds is 2. The zero-order valence-electron chi connectivity index (χ0n) is 8.96. The number of benzene rings is 1. The van der Waals surface area contributed by atoms with Gasteiger partial charge in [-0.1, -0.05) is 55.6 Å². The van der Waals surface area contributed by atoms with E-state index in [0.29, 0.717) is 0 Å². The van der Waals surface area contributed by atoms with E-state index in [9.17, 15) is 0 Å². The monoisotopic (exact) mass is 209 g/mol. The predicted octanol–water partition coefficient (Wildman–Crippen LogP) is 0.751. The Kier molecular flexibility index (Phi) is 3.11. The van der Waals surface area contributed by atoms with Crippen LogP contribution in [0.25, 0.3) is 0 Å². The first-order chi connectivity index (χ1) is 5.91. The van der Waals surface area contributed by atoms with Gasteiger partial charge in [0.15, 0.2) is 0 Å². The van der Waals surface area contributed by atoms with Gasteiger partial charge < -0.3 is 5.40 Å². The molecule has 2 N–H and O–H groups in total. The second kappa shape index (κ2) is 3.78. The summed E-state index contributed by atoms with van der Waals surface area (Å²) < 4.78 is 0. The Morgan fingerprint density at radius 2 is 1.54 bits per heavy atom. The molecule has 1 nitrogen and oxygen atoms in total. The number of hydrogen-bond donors (Lipinski definition) is 1. The van der Waals surface area contributed by atoms with E-state index in [1.807, 2.05) is 0 Å². The summed E-state index contributed by atoms with van der Waals surface area (Å²) in [6.07, 6.45) is 0. The van der Waals surface area contributed by atoms with Crippen LogP contribution in [0.15, 0.2) is 24.3 Å². The fourth-order valence-corrected chi connectivity index (χ4v) is 3.29. The lowest BCUT2D eigenvalue weighted by atomic mass is 10.4. The Bertz CT molecular complexity index is 272. The van der Waals surface area contributed by atoms with Crippen molar-refractivity contribution < 1.29 is 0 Å². The molecule has 0 saturated heterocycles. The lowest BCUT2D eigenvalue weighted by Crippen LogP contribution is -2.51. The van der Waals surface area contributed by atoms with Crippen LogP contribution < -0.4 is 15.8 Å². The summed E-state index contributed by atoms with van der Waals surface area (Å²) >= 11 is 0. The van der Waals surface area contributed by atoms with Crippen LogP contribution >= 0.6 is 0 Å². The largest absolute Gasteiger partial charge is 0.348 e. The summed E-state index contributed by atoms with van der Waals surface area (Å²) in [6, 6.07) is 8.95. The van der Waals surface area contributed by atoms with E-state index in [2.05, 4.69) is 50.5 Å². The summed E-state index contributed by atoms with van der Waals surface area (Å²) in [7, 11) is -2.20. The van der Waals surface area contributed by atoms with Gasteiger partial charge in [-0.3, -0.25) is 0 Å². The molecule has 0 radical (unpaired) electrons. The van der Waals surface area contributed by atoms with Gasteiger partial charge in [0.25, 0.3) is 0 Å². The molecule has 0 amide bonds. The van der Waals surface area contributed by atoms with Crippen LogP contribution in [0.1, 0.15) is 0 Å². The molecule has 0 bridgehead atoms. The molecule has 0 saturated carbocycles. The third-order valence-electron chi connectivity index (χ3n) is 2.32. The first-order valence-electron chi connectivity index (χ1n) is 4.80. The van der Waals surface area contributed by atoms with Crippen molar-refractivity contribution in [3.63, 3.8) is 0 Å². The molecule has 1 aromatic rings. The van der Waals surface area contributed by atoms with Crippen molar-refractivity contribution >= 4 is 27.4 Å². The van der Waals surface area contributed by atoms with Gasteiger partial charge in [0.05, 0.1) is 8.80 Å². The summed E-state index contributed by atoms with van der Waals surface area (Å²) in [5.74, 6) is 0. The number of hydrogen-bond acceptors (Lipinski definition) is 1. The lowest BCUT2D eigenvalue weighted by molar-refractivity contribution is 1.61. The molecule has 3 heteroatoms. The zero-order chi connectivity index (χ0) is 10.1. The molecule has 13 heavy (non-hydrogen) atoms. The van der Waals surface area contributed by atoms with Gasteiger partial charge in [-0.25, -0.2) is 0 Å². The average Bonchev–Trinajstić information content (AvgIpc) is 2.03. The molecule has 0 spiro atoms. The highest BCUT2D eigenvalue weighted by Crippen LogP contribution is 1.94. The Hall–Kier alpha value is -0.386. The van der Waals surface area contributed by atoms with Gasteiger partial charge in [-0.05, 0) is 5.19 Å². The van der Waals surface area contributed by atoms with E-state index in [0.717, 1.165) is 0 Å². The Morgan fingerprint density at radius 3 is 1.85 bits per heavy atom. The average molecular weight is 209 g/mol. The standard InChI is InChI=1S/C10H19NSi2/c1-12(2)9-5-7-10(8-6-9)13(3,4)11/h5-8,12H,11H2,1-4H3. The molecule has 0 aliphatic carbocycles. The fraction of sp³-hybridized carbons (Fsp3) is 0.400. The molecular formula is C10H19NSi2. The fourth-order valence-electron chi connectivity index (χ4n) is 1.30.